The zero-order chi connectivity index (χ0) is 13.8. The van der Waals surface area contributed by atoms with Crippen LogP contribution in [0.15, 0.2) is 24.3 Å². The van der Waals surface area contributed by atoms with Crippen LogP contribution in [0.25, 0.3) is 0 Å². The Hall–Kier alpha value is -0.860. The van der Waals surface area contributed by atoms with Crippen LogP contribution in [0.3, 0.4) is 0 Å². The first-order valence-corrected chi connectivity index (χ1v) is 7.65. The Morgan fingerprint density at radius 1 is 1.37 bits per heavy atom. The molecular formula is C17H28N2. The third kappa shape index (κ3) is 3.80. The van der Waals surface area contributed by atoms with Gasteiger partial charge in [-0.1, -0.05) is 44.5 Å². The smallest absolute Gasteiger partial charge is 0.0467 e. The van der Waals surface area contributed by atoms with Gasteiger partial charge in [0.25, 0.3) is 0 Å². The van der Waals surface area contributed by atoms with Gasteiger partial charge in [-0.05, 0) is 42.9 Å². The van der Waals surface area contributed by atoms with Gasteiger partial charge < -0.3 is 5.73 Å². The van der Waals surface area contributed by atoms with Gasteiger partial charge in [-0.15, -0.1) is 0 Å². The number of benzene rings is 1. The van der Waals surface area contributed by atoms with Crippen LogP contribution in [0.5, 0.6) is 0 Å². The molecule has 0 aliphatic heterocycles. The van der Waals surface area contributed by atoms with Crippen LogP contribution in [-0.4, -0.2) is 25.0 Å². The van der Waals surface area contributed by atoms with Crippen molar-refractivity contribution >= 4 is 0 Å². The normalized spacial score (nSPS) is 18.6. The third-order valence-electron chi connectivity index (χ3n) is 4.40. The van der Waals surface area contributed by atoms with E-state index in [0.29, 0.717) is 12.6 Å². The van der Waals surface area contributed by atoms with Crippen LogP contribution in [0, 0.1) is 5.92 Å². The van der Waals surface area contributed by atoms with E-state index in [1.165, 1.54) is 30.4 Å². The highest BCUT2D eigenvalue weighted by Crippen LogP contribution is 2.40. The maximum absolute atomic E-state index is 6.02. The highest BCUT2D eigenvalue weighted by Gasteiger charge is 2.25. The number of nitrogens with zero attached hydrogens (tertiary/aromatic N) is 1. The highest BCUT2D eigenvalue weighted by atomic mass is 15.1. The highest BCUT2D eigenvalue weighted by molar-refractivity contribution is 5.31. The van der Waals surface area contributed by atoms with Gasteiger partial charge in [0.05, 0.1) is 0 Å². The summed E-state index contributed by atoms with van der Waals surface area (Å²) >= 11 is 0. The SMILES string of the molecule is CCC(C)CN(C)C(CN)c1cccc(C2CC2)c1. The Bertz CT molecular complexity index is 398. The first-order chi connectivity index (χ1) is 9.15. The average Bonchev–Trinajstić information content (AvgIpc) is 3.24. The van der Waals surface area contributed by atoms with Crippen molar-refractivity contribution < 1.29 is 0 Å². The van der Waals surface area contributed by atoms with E-state index in [4.69, 9.17) is 5.73 Å². The molecule has 2 N–H and O–H groups in total. The van der Waals surface area contributed by atoms with Crippen molar-refractivity contribution in [2.45, 2.75) is 45.1 Å². The Labute approximate surface area is 118 Å². The Morgan fingerprint density at radius 3 is 2.68 bits per heavy atom. The quantitative estimate of drug-likeness (QED) is 0.812. The summed E-state index contributed by atoms with van der Waals surface area (Å²) in [5.74, 6) is 1.55. The summed E-state index contributed by atoms with van der Waals surface area (Å²) in [6.07, 6.45) is 3.95. The van der Waals surface area contributed by atoms with E-state index in [-0.39, 0.29) is 0 Å². The second kappa shape index (κ2) is 6.53. The fourth-order valence-electron chi connectivity index (χ4n) is 2.76. The Kier molecular flexibility index (Phi) is 5.00. The number of rotatable bonds is 7. The minimum absolute atomic E-state index is 0.354. The van der Waals surface area contributed by atoms with Crippen LogP contribution in [-0.2, 0) is 0 Å². The zero-order valence-electron chi connectivity index (χ0n) is 12.6. The van der Waals surface area contributed by atoms with E-state index in [1.807, 2.05) is 0 Å². The van der Waals surface area contributed by atoms with E-state index in [0.717, 1.165) is 18.4 Å². The number of likely N-dealkylation sites (N-methyl/N-ethyl adjacent to an activating group) is 1. The molecule has 0 bridgehead atoms. The minimum Gasteiger partial charge on any atom is -0.329 e. The van der Waals surface area contributed by atoms with E-state index in [1.54, 1.807) is 0 Å². The van der Waals surface area contributed by atoms with Gasteiger partial charge in [0, 0.05) is 19.1 Å². The van der Waals surface area contributed by atoms with Crippen LogP contribution in [0.2, 0.25) is 0 Å². The molecule has 2 atom stereocenters. The molecule has 0 saturated heterocycles. The topological polar surface area (TPSA) is 29.3 Å². The molecule has 1 aromatic carbocycles. The fraction of sp³-hybridized carbons (Fsp3) is 0.647. The van der Waals surface area contributed by atoms with Crippen molar-refractivity contribution in [3.05, 3.63) is 35.4 Å². The summed E-state index contributed by atoms with van der Waals surface area (Å²) in [5, 5.41) is 0. The molecule has 2 rings (SSSR count). The van der Waals surface area contributed by atoms with Crippen molar-refractivity contribution in [1.29, 1.82) is 0 Å². The van der Waals surface area contributed by atoms with Crippen LogP contribution in [0.1, 0.15) is 56.2 Å². The Balaban J connectivity index is 2.09. The molecule has 2 unspecified atom stereocenters. The molecule has 2 heteroatoms. The van der Waals surface area contributed by atoms with Crippen molar-refractivity contribution in [3.8, 4) is 0 Å². The minimum atomic E-state index is 0.354. The molecule has 0 radical (unpaired) electrons. The molecule has 1 aliphatic rings. The van der Waals surface area contributed by atoms with Gasteiger partial charge in [-0.2, -0.15) is 0 Å². The molecule has 19 heavy (non-hydrogen) atoms. The molecule has 106 valence electrons. The van der Waals surface area contributed by atoms with E-state index >= 15 is 0 Å². The number of hydrogen-bond donors (Lipinski definition) is 1. The standard InChI is InChI=1S/C17H28N2/c1-4-13(2)12-19(3)17(11-18)16-7-5-6-15(10-16)14-8-9-14/h5-7,10,13-14,17H,4,8-9,11-12,18H2,1-3H3. The van der Waals surface area contributed by atoms with Gasteiger partial charge >= 0.3 is 0 Å². The predicted octanol–water partition coefficient (Wildman–Crippen LogP) is 3.54. The molecule has 0 heterocycles. The second-order valence-electron chi connectivity index (χ2n) is 6.15. The van der Waals surface area contributed by atoms with Gasteiger partial charge in [-0.25, -0.2) is 0 Å². The molecule has 0 spiro atoms. The maximum Gasteiger partial charge on any atom is 0.0467 e. The van der Waals surface area contributed by atoms with E-state index in [2.05, 4.69) is 50.1 Å². The lowest BCUT2D eigenvalue weighted by atomic mass is 9.99. The lowest BCUT2D eigenvalue weighted by Crippen LogP contribution is -2.33. The van der Waals surface area contributed by atoms with Crippen molar-refractivity contribution in [3.63, 3.8) is 0 Å². The van der Waals surface area contributed by atoms with Crippen LogP contribution in [0.4, 0.5) is 0 Å². The molecule has 0 aromatic heterocycles. The summed E-state index contributed by atoms with van der Waals surface area (Å²) in [5.41, 5.74) is 8.92. The summed E-state index contributed by atoms with van der Waals surface area (Å²) in [6, 6.07) is 9.43. The molecular weight excluding hydrogens is 232 g/mol. The van der Waals surface area contributed by atoms with Gasteiger partial charge in [-0.3, -0.25) is 4.90 Å². The lowest BCUT2D eigenvalue weighted by molar-refractivity contribution is 0.215. The zero-order valence-corrected chi connectivity index (χ0v) is 12.6. The summed E-state index contributed by atoms with van der Waals surface area (Å²) in [6.45, 7) is 6.38. The van der Waals surface area contributed by atoms with Crippen molar-refractivity contribution in [1.82, 2.24) is 4.90 Å². The number of hydrogen-bond acceptors (Lipinski definition) is 2. The van der Waals surface area contributed by atoms with E-state index in [9.17, 15) is 0 Å². The lowest BCUT2D eigenvalue weighted by Gasteiger charge is -2.29. The van der Waals surface area contributed by atoms with Gasteiger partial charge in [0.2, 0.25) is 0 Å². The summed E-state index contributed by atoms with van der Waals surface area (Å²) in [7, 11) is 2.20. The second-order valence-corrected chi connectivity index (χ2v) is 6.15. The Morgan fingerprint density at radius 2 is 2.11 bits per heavy atom. The fourth-order valence-corrected chi connectivity index (χ4v) is 2.76. The molecule has 1 aliphatic carbocycles. The number of nitrogens with two attached hydrogens (primary N) is 1. The maximum atomic E-state index is 6.02. The third-order valence-corrected chi connectivity index (χ3v) is 4.40. The summed E-state index contributed by atoms with van der Waals surface area (Å²) in [4.78, 5) is 2.42. The predicted molar refractivity (Wildman–Crippen MR) is 82.3 cm³/mol. The first kappa shape index (κ1) is 14.5. The average molecular weight is 260 g/mol. The molecule has 1 saturated carbocycles. The monoisotopic (exact) mass is 260 g/mol. The van der Waals surface area contributed by atoms with Crippen LogP contribution >= 0.6 is 0 Å². The van der Waals surface area contributed by atoms with Crippen molar-refractivity contribution in [2.24, 2.45) is 11.7 Å². The van der Waals surface area contributed by atoms with Crippen LogP contribution < -0.4 is 5.73 Å². The van der Waals surface area contributed by atoms with E-state index < -0.39 is 0 Å². The largest absolute Gasteiger partial charge is 0.329 e. The molecule has 1 fully saturated rings. The summed E-state index contributed by atoms with van der Waals surface area (Å²) < 4.78 is 0. The molecule has 0 amide bonds. The molecule has 2 nitrogen and oxygen atoms in total. The first-order valence-electron chi connectivity index (χ1n) is 7.65. The molecule has 1 aromatic rings. The van der Waals surface area contributed by atoms with Crippen molar-refractivity contribution in [2.75, 3.05) is 20.1 Å². The van der Waals surface area contributed by atoms with Gasteiger partial charge in [0.15, 0.2) is 0 Å². The van der Waals surface area contributed by atoms with Gasteiger partial charge in [0.1, 0.15) is 0 Å².